The molecule has 2 nitrogen and oxygen atoms in total. The number of hydrogen-bond donors (Lipinski definition) is 0. The average molecular weight is 231 g/mol. The van der Waals surface area contributed by atoms with Crippen LogP contribution < -0.4 is 4.90 Å². The van der Waals surface area contributed by atoms with Gasteiger partial charge >= 0.3 is 0 Å². The Bertz CT molecular complexity index is 411. The van der Waals surface area contributed by atoms with E-state index in [-0.39, 0.29) is 5.91 Å². The first kappa shape index (κ1) is 12.2. The van der Waals surface area contributed by atoms with E-state index in [1.807, 2.05) is 4.90 Å². The van der Waals surface area contributed by atoms with Crippen LogP contribution in [-0.2, 0) is 11.2 Å². The minimum Gasteiger partial charge on any atom is -0.312 e. The van der Waals surface area contributed by atoms with Crippen molar-refractivity contribution in [3.05, 3.63) is 29.3 Å². The molecule has 1 aromatic carbocycles. The van der Waals surface area contributed by atoms with Crippen LogP contribution in [-0.4, -0.2) is 12.5 Å². The molecule has 1 aromatic rings. The molecule has 0 saturated carbocycles. The molecule has 0 aliphatic carbocycles. The standard InChI is InChI=1S/C15H21NO/c1-3-4-5-6-9-16-14-8-7-12(2)10-13(14)11-15(16)17/h7-8,10H,3-6,9,11H2,1-2H3. The summed E-state index contributed by atoms with van der Waals surface area (Å²) in [5.74, 6) is 0.266. The number of rotatable bonds is 5. The molecule has 0 unspecified atom stereocenters. The van der Waals surface area contributed by atoms with Gasteiger partial charge in [-0.3, -0.25) is 4.79 Å². The van der Waals surface area contributed by atoms with Gasteiger partial charge < -0.3 is 4.90 Å². The fourth-order valence-electron chi connectivity index (χ4n) is 2.45. The summed E-state index contributed by atoms with van der Waals surface area (Å²) < 4.78 is 0. The van der Waals surface area contributed by atoms with Crippen LogP contribution in [0.3, 0.4) is 0 Å². The normalized spacial score (nSPS) is 14.2. The number of carbonyl (C=O) groups is 1. The van der Waals surface area contributed by atoms with Gasteiger partial charge in [-0.1, -0.05) is 43.9 Å². The van der Waals surface area contributed by atoms with Crippen molar-refractivity contribution < 1.29 is 4.79 Å². The topological polar surface area (TPSA) is 20.3 Å². The number of hydrogen-bond acceptors (Lipinski definition) is 1. The number of amides is 1. The molecule has 1 amide bonds. The highest BCUT2D eigenvalue weighted by Crippen LogP contribution is 2.29. The van der Waals surface area contributed by atoms with Gasteiger partial charge in [0.15, 0.2) is 0 Å². The van der Waals surface area contributed by atoms with Crippen molar-refractivity contribution in [2.45, 2.75) is 46.0 Å². The molecule has 1 aliphatic rings. The van der Waals surface area contributed by atoms with Gasteiger partial charge in [0.25, 0.3) is 0 Å². The predicted octanol–water partition coefficient (Wildman–Crippen LogP) is 3.46. The summed E-state index contributed by atoms with van der Waals surface area (Å²) in [6.45, 7) is 5.17. The van der Waals surface area contributed by atoms with Crippen LogP contribution in [0.1, 0.15) is 43.7 Å². The summed E-state index contributed by atoms with van der Waals surface area (Å²) in [5.41, 5.74) is 3.58. The molecular weight excluding hydrogens is 210 g/mol. The molecule has 0 N–H and O–H groups in total. The van der Waals surface area contributed by atoms with Crippen molar-refractivity contribution in [1.82, 2.24) is 0 Å². The molecule has 0 atom stereocenters. The van der Waals surface area contributed by atoms with Crippen LogP contribution in [0.4, 0.5) is 5.69 Å². The second-order valence-electron chi connectivity index (χ2n) is 4.91. The van der Waals surface area contributed by atoms with Crippen molar-refractivity contribution >= 4 is 11.6 Å². The molecule has 1 heterocycles. The largest absolute Gasteiger partial charge is 0.312 e. The molecule has 0 aromatic heterocycles. The third kappa shape index (κ3) is 2.68. The van der Waals surface area contributed by atoms with Gasteiger partial charge in [-0.05, 0) is 25.0 Å². The maximum Gasteiger partial charge on any atom is 0.231 e. The fraction of sp³-hybridized carbons (Fsp3) is 0.533. The van der Waals surface area contributed by atoms with Crippen molar-refractivity contribution in [2.75, 3.05) is 11.4 Å². The predicted molar refractivity (Wildman–Crippen MR) is 71.4 cm³/mol. The number of fused-ring (bicyclic) bond motifs is 1. The maximum atomic E-state index is 11.9. The van der Waals surface area contributed by atoms with Gasteiger partial charge in [-0.25, -0.2) is 0 Å². The first-order valence-electron chi connectivity index (χ1n) is 6.62. The summed E-state index contributed by atoms with van der Waals surface area (Å²) in [7, 11) is 0. The molecule has 92 valence electrons. The third-order valence-electron chi connectivity index (χ3n) is 3.40. The molecule has 0 radical (unpaired) electrons. The van der Waals surface area contributed by atoms with E-state index in [1.54, 1.807) is 0 Å². The SMILES string of the molecule is CCCCCCN1C(=O)Cc2cc(C)ccc21. The van der Waals surface area contributed by atoms with Crippen molar-refractivity contribution in [2.24, 2.45) is 0 Å². The lowest BCUT2D eigenvalue weighted by Gasteiger charge is -2.17. The van der Waals surface area contributed by atoms with E-state index in [9.17, 15) is 4.79 Å². The Morgan fingerprint density at radius 3 is 2.82 bits per heavy atom. The van der Waals surface area contributed by atoms with Crippen LogP contribution in [0.15, 0.2) is 18.2 Å². The number of nitrogens with zero attached hydrogens (tertiary/aromatic N) is 1. The summed E-state index contributed by atoms with van der Waals surface area (Å²) in [6.07, 6.45) is 5.44. The van der Waals surface area contributed by atoms with E-state index in [0.717, 1.165) is 18.7 Å². The minimum atomic E-state index is 0.266. The third-order valence-corrected chi connectivity index (χ3v) is 3.40. The molecule has 17 heavy (non-hydrogen) atoms. The fourth-order valence-corrected chi connectivity index (χ4v) is 2.45. The van der Waals surface area contributed by atoms with E-state index in [1.165, 1.54) is 30.4 Å². The molecule has 2 heteroatoms. The Morgan fingerprint density at radius 2 is 2.06 bits per heavy atom. The summed E-state index contributed by atoms with van der Waals surface area (Å²) in [4.78, 5) is 13.9. The van der Waals surface area contributed by atoms with Gasteiger partial charge in [0, 0.05) is 12.2 Å². The lowest BCUT2D eigenvalue weighted by Crippen LogP contribution is -2.27. The number of anilines is 1. The number of unbranched alkanes of at least 4 members (excludes halogenated alkanes) is 3. The monoisotopic (exact) mass is 231 g/mol. The molecule has 2 rings (SSSR count). The van der Waals surface area contributed by atoms with Crippen LogP contribution in [0, 0.1) is 6.92 Å². The van der Waals surface area contributed by atoms with Crippen LogP contribution in [0.5, 0.6) is 0 Å². The molecule has 1 aliphatic heterocycles. The highest BCUT2D eigenvalue weighted by Gasteiger charge is 2.26. The maximum absolute atomic E-state index is 11.9. The minimum absolute atomic E-state index is 0.266. The van der Waals surface area contributed by atoms with Gasteiger partial charge in [-0.15, -0.1) is 0 Å². The number of benzene rings is 1. The zero-order valence-corrected chi connectivity index (χ0v) is 10.8. The Kier molecular flexibility index (Phi) is 3.82. The first-order valence-corrected chi connectivity index (χ1v) is 6.62. The Balaban J connectivity index is 2.02. The smallest absolute Gasteiger partial charge is 0.231 e. The molecule has 0 fully saturated rings. The van der Waals surface area contributed by atoms with Crippen LogP contribution >= 0.6 is 0 Å². The van der Waals surface area contributed by atoms with E-state index in [2.05, 4.69) is 32.0 Å². The van der Waals surface area contributed by atoms with E-state index in [4.69, 9.17) is 0 Å². The summed E-state index contributed by atoms with van der Waals surface area (Å²) in [6, 6.07) is 6.32. The lowest BCUT2D eigenvalue weighted by molar-refractivity contribution is -0.117. The van der Waals surface area contributed by atoms with E-state index < -0.39 is 0 Å². The Morgan fingerprint density at radius 1 is 1.24 bits per heavy atom. The van der Waals surface area contributed by atoms with Gasteiger partial charge in [0.2, 0.25) is 5.91 Å². The first-order chi connectivity index (χ1) is 8.22. The number of aryl methyl sites for hydroxylation is 1. The van der Waals surface area contributed by atoms with Gasteiger partial charge in [-0.2, -0.15) is 0 Å². The van der Waals surface area contributed by atoms with E-state index in [0.29, 0.717) is 6.42 Å². The van der Waals surface area contributed by atoms with Crippen LogP contribution in [0.25, 0.3) is 0 Å². The van der Waals surface area contributed by atoms with Crippen molar-refractivity contribution in [3.63, 3.8) is 0 Å². The summed E-state index contributed by atoms with van der Waals surface area (Å²) >= 11 is 0. The highest BCUT2D eigenvalue weighted by molar-refractivity contribution is 6.01. The van der Waals surface area contributed by atoms with Gasteiger partial charge in [0.1, 0.15) is 0 Å². The molecule has 0 spiro atoms. The summed E-state index contributed by atoms with van der Waals surface area (Å²) in [5, 5.41) is 0. The zero-order valence-electron chi connectivity index (χ0n) is 10.8. The Hall–Kier alpha value is -1.31. The van der Waals surface area contributed by atoms with Crippen molar-refractivity contribution in [1.29, 1.82) is 0 Å². The molecular formula is C15H21NO. The van der Waals surface area contributed by atoms with Gasteiger partial charge in [0.05, 0.1) is 6.42 Å². The number of carbonyl (C=O) groups excluding carboxylic acids is 1. The molecule has 0 saturated heterocycles. The second-order valence-corrected chi connectivity index (χ2v) is 4.91. The Labute approximate surface area is 104 Å². The second kappa shape index (κ2) is 5.35. The molecule has 0 bridgehead atoms. The average Bonchev–Trinajstić information content (AvgIpc) is 2.60. The zero-order chi connectivity index (χ0) is 12.3. The van der Waals surface area contributed by atoms with E-state index >= 15 is 0 Å². The van der Waals surface area contributed by atoms with Crippen LogP contribution in [0.2, 0.25) is 0 Å². The highest BCUT2D eigenvalue weighted by atomic mass is 16.2. The quantitative estimate of drug-likeness (QED) is 0.711. The lowest BCUT2D eigenvalue weighted by atomic mass is 10.1. The van der Waals surface area contributed by atoms with Crippen molar-refractivity contribution in [3.8, 4) is 0 Å².